The highest BCUT2D eigenvalue weighted by molar-refractivity contribution is 6.42. The van der Waals surface area contributed by atoms with E-state index in [-0.39, 0.29) is 34.6 Å². The fraction of sp³-hybridized carbons (Fsp3) is 0.154. The number of carbonyl (C=O) groups excluding carboxylic acids is 1. The van der Waals surface area contributed by atoms with Gasteiger partial charge in [0, 0.05) is 30.3 Å². The van der Waals surface area contributed by atoms with Crippen molar-refractivity contribution < 1.29 is 4.79 Å². The number of amides is 1. The Balaban J connectivity index is 2.05. The van der Waals surface area contributed by atoms with Crippen LogP contribution in [0.25, 0.3) is 0 Å². The highest BCUT2D eigenvalue weighted by Crippen LogP contribution is 2.33. The first-order valence-electron chi connectivity index (χ1n) is 6.11. The van der Waals surface area contributed by atoms with Crippen molar-refractivity contribution in [2.45, 2.75) is 13.0 Å². The molecule has 0 aliphatic rings. The van der Waals surface area contributed by atoms with E-state index in [0.29, 0.717) is 5.02 Å². The third-order valence-electron chi connectivity index (χ3n) is 2.75. The van der Waals surface area contributed by atoms with E-state index >= 15 is 0 Å². The van der Waals surface area contributed by atoms with Crippen LogP contribution in [0.15, 0.2) is 34.0 Å². The molecule has 6 nitrogen and oxygen atoms in total. The van der Waals surface area contributed by atoms with Crippen molar-refractivity contribution in [3.63, 3.8) is 0 Å². The van der Waals surface area contributed by atoms with Gasteiger partial charge in [0.2, 0.25) is 5.91 Å². The first-order valence-corrected chi connectivity index (χ1v) is 7.24. The third kappa shape index (κ3) is 4.13. The Hall–Kier alpha value is -1.76. The second-order valence-corrected chi connectivity index (χ2v) is 5.60. The number of hydrogen-bond donors (Lipinski definition) is 2. The molecule has 0 fully saturated rings. The summed E-state index contributed by atoms with van der Waals surface area (Å²) in [5.41, 5.74) is -0.820. The Kier molecular flexibility index (Phi) is 5.28. The average molecular weight is 363 g/mol. The van der Waals surface area contributed by atoms with Crippen LogP contribution in [0, 0.1) is 0 Å². The molecular formula is C13H10Cl3N3O3. The maximum absolute atomic E-state index is 11.9. The number of halogens is 3. The van der Waals surface area contributed by atoms with Crippen LogP contribution in [-0.2, 0) is 11.3 Å². The molecule has 0 atom stereocenters. The molecule has 1 aromatic carbocycles. The van der Waals surface area contributed by atoms with Crippen LogP contribution in [0.2, 0.25) is 15.1 Å². The summed E-state index contributed by atoms with van der Waals surface area (Å²) in [6.07, 6.45) is 1.32. The molecule has 9 heteroatoms. The lowest BCUT2D eigenvalue weighted by atomic mass is 10.3. The number of aryl methyl sites for hydroxylation is 1. The fourth-order valence-corrected chi connectivity index (χ4v) is 2.62. The largest absolute Gasteiger partial charge is 0.328 e. The van der Waals surface area contributed by atoms with Gasteiger partial charge in [0.25, 0.3) is 5.56 Å². The zero-order valence-electron chi connectivity index (χ0n) is 11.0. The van der Waals surface area contributed by atoms with Crippen molar-refractivity contribution in [1.29, 1.82) is 0 Å². The molecule has 1 amide bonds. The Morgan fingerprint density at radius 3 is 2.41 bits per heavy atom. The number of hydrogen-bond acceptors (Lipinski definition) is 3. The van der Waals surface area contributed by atoms with Gasteiger partial charge in [-0.2, -0.15) is 0 Å². The van der Waals surface area contributed by atoms with E-state index in [9.17, 15) is 14.4 Å². The molecule has 22 heavy (non-hydrogen) atoms. The molecule has 0 bridgehead atoms. The Morgan fingerprint density at radius 2 is 1.82 bits per heavy atom. The summed E-state index contributed by atoms with van der Waals surface area (Å²) in [4.78, 5) is 36.4. The van der Waals surface area contributed by atoms with Gasteiger partial charge in [-0.15, -0.1) is 0 Å². The van der Waals surface area contributed by atoms with Gasteiger partial charge in [-0.25, -0.2) is 4.79 Å². The quantitative estimate of drug-likeness (QED) is 0.876. The van der Waals surface area contributed by atoms with Gasteiger partial charge in [-0.3, -0.25) is 14.6 Å². The van der Waals surface area contributed by atoms with Crippen molar-refractivity contribution in [1.82, 2.24) is 9.55 Å². The third-order valence-corrected chi connectivity index (χ3v) is 3.56. The molecule has 0 saturated heterocycles. The van der Waals surface area contributed by atoms with E-state index in [1.54, 1.807) is 0 Å². The summed E-state index contributed by atoms with van der Waals surface area (Å²) < 4.78 is 1.21. The van der Waals surface area contributed by atoms with Crippen molar-refractivity contribution in [3.05, 3.63) is 60.3 Å². The minimum Gasteiger partial charge on any atom is -0.323 e. The monoisotopic (exact) mass is 361 g/mol. The number of anilines is 1. The van der Waals surface area contributed by atoms with E-state index in [1.807, 2.05) is 0 Å². The molecule has 0 aliphatic carbocycles. The molecule has 2 rings (SSSR count). The number of benzene rings is 1. The van der Waals surface area contributed by atoms with E-state index in [1.165, 1.54) is 29.0 Å². The second kappa shape index (κ2) is 7.00. The molecule has 0 saturated carbocycles. The lowest BCUT2D eigenvalue weighted by Crippen LogP contribution is -2.29. The fourth-order valence-electron chi connectivity index (χ4n) is 1.71. The molecule has 2 N–H and O–H groups in total. The highest BCUT2D eigenvalue weighted by Gasteiger charge is 2.11. The van der Waals surface area contributed by atoms with Gasteiger partial charge in [-0.1, -0.05) is 34.8 Å². The summed E-state index contributed by atoms with van der Waals surface area (Å²) in [5.74, 6) is -0.385. The van der Waals surface area contributed by atoms with Gasteiger partial charge in [0.15, 0.2) is 0 Å². The zero-order chi connectivity index (χ0) is 16.3. The number of rotatable bonds is 4. The first-order chi connectivity index (χ1) is 10.4. The van der Waals surface area contributed by atoms with Gasteiger partial charge in [0.1, 0.15) is 0 Å². The normalized spacial score (nSPS) is 10.5. The second-order valence-electron chi connectivity index (χ2n) is 4.35. The predicted molar refractivity (Wildman–Crippen MR) is 86.0 cm³/mol. The molecule has 1 aromatic heterocycles. The smallest absolute Gasteiger partial charge is 0.323 e. The molecule has 116 valence electrons. The number of nitrogens with zero attached hydrogens (tertiary/aromatic N) is 1. The minimum absolute atomic E-state index is 0.00122. The molecule has 0 aliphatic heterocycles. The topological polar surface area (TPSA) is 84.0 Å². The maximum Gasteiger partial charge on any atom is 0.328 e. The van der Waals surface area contributed by atoms with E-state index in [4.69, 9.17) is 34.8 Å². The Labute approximate surface area is 139 Å². The molecule has 2 aromatic rings. The molecule has 0 radical (unpaired) electrons. The number of nitrogens with one attached hydrogen (secondary N) is 2. The molecule has 0 spiro atoms. The van der Waals surface area contributed by atoms with Gasteiger partial charge in [-0.05, 0) is 12.1 Å². The number of aromatic nitrogens is 2. The van der Waals surface area contributed by atoms with Crippen molar-refractivity contribution in [2.24, 2.45) is 0 Å². The maximum atomic E-state index is 11.9. The van der Waals surface area contributed by atoms with Crippen LogP contribution in [0.5, 0.6) is 0 Å². The SMILES string of the molecule is O=C(CCn1ccc(=O)[nH]c1=O)Nc1c(Cl)cc(Cl)cc1Cl. The summed E-state index contributed by atoms with van der Waals surface area (Å²) in [6, 6.07) is 4.11. The van der Waals surface area contributed by atoms with Crippen molar-refractivity contribution in [3.8, 4) is 0 Å². The van der Waals surface area contributed by atoms with E-state index in [0.717, 1.165) is 0 Å². The van der Waals surface area contributed by atoms with Gasteiger partial charge >= 0.3 is 5.69 Å². The van der Waals surface area contributed by atoms with E-state index in [2.05, 4.69) is 10.3 Å². The van der Waals surface area contributed by atoms with Crippen molar-refractivity contribution in [2.75, 3.05) is 5.32 Å². The lowest BCUT2D eigenvalue weighted by molar-refractivity contribution is -0.116. The number of aromatic amines is 1. The summed E-state index contributed by atoms with van der Waals surface area (Å²) in [6.45, 7) is 0.101. The number of H-pyrrole nitrogens is 1. The number of carbonyl (C=O) groups is 1. The Bertz CT molecular complexity index is 806. The summed E-state index contributed by atoms with van der Waals surface area (Å²) in [7, 11) is 0. The van der Waals surface area contributed by atoms with Crippen LogP contribution >= 0.6 is 34.8 Å². The standard InChI is InChI=1S/C13H10Cl3N3O3/c14-7-5-8(15)12(9(16)6-7)17-10(20)1-3-19-4-2-11(21)18-13(19)22/h2,4-6H,1,3H2,(H,17,20)(H,18,21,22). The van der Waals surface area contributed by atoms with Crippen LogP contribution in [0.3, 0.4) is 0 Å². The van der Waals surface area contributed by atoms with E-state index < -0.39 is 11.2 Å². The average Bonchev–Trinajstić information content (AvgIpc) is 2.42. The van der Waals surface area contributed by atoms with Crippen LogP contribution in [0.1, 0.15) is 6.42 Å². The van der Waals surface area contributed by atoms with Crippen LogP contribution in [-0.4, -0.2) is 15.5 Å². The highest BCUT2D eigenvalue weighted by atomic mass is 35.5. The summed E-state index contributed by atoms with van der Waals surface area (Å²) in [5, 5.41) is 3.34. The van der Waals surface area contributed by atoms with Gasteiger partial charge < -0.3 is 9.88 Å². The summed E-state index contributed by atoms with van der Waals surface area (Å²) >= 11 is 17.7. The molecule has 1 heterocycles. The van der Waals surface area contributed by atoms with Gasteiger partial charge in [0.05, 0.1) is 15.7 Å². The predicted octanol–water partition coefficient (Wildman–Crippen LogP) is 2.53. The Morgan fingerprint density at radius 1 is 1.18 bits per heavy atom. The molecule has 0 unspecified atom stereocenters. The minimum atomic E-state index is -0.581. The lowest BCUT2D eigenvalue weighted by Gasteiger charge is -2.10. The zero-order valence-corrected chi connectivity index (χ0v) is 13.3. The first kappa shape index (κ1) is 16.6. The van der Waals surface area contributed by atoms with Crippen LogP contribution < -0.4 is 16.6 Å². The van der Waals surface area contributed by atoms with Crippen molar-refractivity contribution >= 4 is 46.4 Å². The molecular weight excluding hydrogens is 353 g/mol. The van der Waals surface area contributed by atoms with Crippen LogP contribution in [0.4, 0.5) is 5.69 Å².